The van der Waals surface area contributed by atoms with Crippen molar-refractivity contribution in [1.82, 2.24) is 5.32 Å². The molecule has 1 rings (SSSR count). The van der Waals surface area contributed by atoms with Crippen molar-refractivity contribution in [1.29, 1.82) is 0 Å². The second kappa shape index (κ2) is 6.49. The lowest BCUT2D eigenvalue weighted by atomic mass is 9.78. The fourth-order valence-electron chi connectivity index (χ4n) is 2.74. The Morgan fingerprint density at radius 3 is 2.40 bits per heavy atom. The zero-order valence-corrected chi connectivity index (χ0v) is 10.5. The van der Waals surface area contributed by atoms with Crippen molar-refractivity contribution < 1.29 is 5.11 Å². The number of hydrogen-bond acceptors (Lipinski definition) is 2. The highest BCUT2D eigenvalue weighted by molar-refractivity contribution is 4.83. The summed E-state index contributed by atoms with van der Waals surface area (Å²) in [5.41, 5.74) is 0. The highest BCUT2D eigenvalue weighted by atomic mass is 16.3. The predicted molar refractivity (Wildman–Crippen MR) is 64.8 cm³/mol. The van der Waals surface area contributed by atoms with E-state index in [1.54, 1.807) is 0 Å². The summed E-state index contributed by atoms with van der Waals surface area (Å²) >= 11 is 0. The van der Waals surface area contributed by atoms with E-state index in [1.807, 2.05) is 0 Å². The van der Waals surface area contributed by atoms with Crippen molar-refractivity contribution in [2.75, 3.05) is 13.2 Å². The Labute approximate surface area is 94.5 Å². The molecule has 0 spiro atoms. The van der Waals surface area contributed by atoms with E-state index in [9.17, 15) is 0 Å². The molecule has 1 saturated carbocycles. The van der Waals surface area contributed by atoms with E-state index in [2.05, 4.69) is 26.1 Å². The topological polar surface area (TPSA) is 32.3 Å². The first-order valence-electron chi connectivity index (χ1n) is 6.49. The second-order valence-corrected chi connectivity index (χ2v) is 5.44. The molecule has 1 fully saturated rings. The summed E-state index contributed by atoms with van der Waals surface area (Å²) in [5.74, 6) is 2.22. The lowest BCUT2D eigenvalue weighted by molar-refractivity contribution is 0.195. The van der Waals surface area contributed by atoms with Gasteiger partial charge in [0.2, 0.25) is 0 Å². The van der Waals surface area contributed by atoms with Crippen LogP contribution in [0.3, 0.4) is 0 Å². The minimum Gasteiger partial charge on any atom is -0.396 e. The maximum Gasteiger partial charge on any atom is 0.0434 e. The molecular formula is C13H27NO. The van der Waals surface area contributed by atoms with Gasteiger partial charge in [0.1, 0.15) is 0 Å². The van der Waals surface area contributed by atoms with E-state index in [1.165, 1.54) is 19.3 Å². The zero-order chi connectivity index (χ0) is 11.3. The predicted octanol–water partition coefficient (Wildman–Crippen LogP) is 2.42. The van der Waals surface area contributed by atoms with Crippen LogP contribution >= 0.6 is 0 Å². The summed E-state index contributed by atoms with van der Waals surface area (Å²) in [5, 5.41) is 12.5. The van der Waals surface area contributed by atoms with Gasteiger partial charge in [-0.05, 0) is 43.6 Å². The standard InChI is InChI=1S/C13H27NO/c1-10(7-8-15)9-14-13-11(2)5-4-6-12(13)3/h10-15H,4-9H2,1-3H3. The average molecular weight is 213 g/mol. The van der Waals surface area contributed by atoms with E-state index in [-0.39, 0.29) is 0 Å². The molecule has 2 N–H and O–H groups in total. The van der Waals surface area contributed by atoms with Gasteiger partial charge in [0.05, 0.1) is 0 Å². The Bertz CT molecular complexity index is 162. The summed E-state index contributed by atoms with van der Waals surface area (Å²) in [7, 11) is 0. The average Bonchev–Trinajstić information content (AvgIpc) is 2.17. The molecule has 0 aromatic heterocycles. The van der Waals surface area contributed by atoms with Crippen molar-refractivity contribution >= 4 is 0 Å². The smallest absolute Gasteiger partial charge is 0.0434 e. The van der Waals surface area contributed by atoms with Crippen LogP contribution in [0.25, 0.3) is 0 Å². The molecule has 0 aliphatic heterocycles. The van der Waals surface area contributed by atoms with E-state index in [0.717, 1.165) is 24.8 Å². The van der Waals surface area contributed by atoms with Crippen LogP contribution in [0.4, 0.5) is 0 Å². The van der Waals surface area contributed by atoms with Gasteiger partial charge >= 0.3 is 0 Å². The third kappa shape index (κ3) is 4.12. The number of nitrogens with one attached hydrogen (secondary N) is 1. The zero-order valence-electron chi connectivity index (χ0n) is 10.5. The molecule has 1 aliphatic rings. The molecule has 1 aliphatic carbocycles. The Hall–Kier alpha value is -0.0800. The summed E-state index contributed by atoms with van der Waals surface area (Å²) in [6, 6.07) is 0.694. The largest absolute Gasteiger partial charge is 0.396 e. The highest BCUT2D eigenvalue weighted by Crippen LogP contribution is 2.28. The molecule has 2 nitrogen and oxygen atoms in total. The minimum absolute atomic E-state index is 0.318. The molecule has 0 saturated heterocycles. The molecule has 0 aromatic rings. The lowest BCUT2D eigenvalue weighted by Crippen LogP contribution is -2.44. The van der Waals surface area contributed by atoms with Gasteiger partial charge in [-0.1, -0.05) is 27.2 Å². The SMILES string of the molecule is CC(CCO)CNC1C(C)CCCC1C. The Kier molecular flexibility index (Phi) is 5.62. The van der Waals surface area contributed by atoms with Crippen LogP contribution in [0.15, 0.2) is 0 Å². The Morgan fingerprint density at radius 1 is 1.27 bits per heavy atom. The third-order valence-electron chi connectivity index (χ3n) is 3.87. The van der Waals surface area contributed by atoms with Crippen molar-refractivity contribution in [3.8, 4) is 0 Å². The number of hydrogen-bond donors (Lipinski definition) is 2. The van der Waals surface area contributed by atoms with Gasteiger partial charge in [-0.3, -0.25) is 0 Å². The molecule has 15 heavy (non-hydrogen) atoms. The fraction of sp³-hybridized carbons (Fsp3) is 1.00. The number of aliphatic hydroxyl groups is 1. The van der Waals surface area contributed by atoms with Crippen LogP contribution in [-0.4, -0.2) is 24.3 Å². The van der Waals surface area contributed by atoms with Gasteiger partial charge in [-0.15, -0.1) is 0 Å². The van der Waals surface area contributed by atoms with Gasteiger partial charge in [0.15, 0.2) is 0 Å². The molecular weight excluding hydrogens is 186 g/mol. The maximum atomic E-state index is 8.85. The van der Waals surface area contributed by atoms with E-state index in [0.29, 0.717) is 18.6 Å². The van der Waals surface area contributed by atoms with E-state index in [4.69, 9.17) is 5.11 Å². The van der Waals surface area contributed by atoms with Crippen molar-refractivity contribution in [3.05, 3.63) is 0 Å². The minimum atomic E-state index is 0.318. The fourth-order valence-corrected chi connectivity index (χ4v) is 2.74. The monoisotopic (exact) mass is 213 g/mol. The molecule has 0 aromatic carbocycles. The van der Waals surface area contributed by atoms with Gasteiger partial charge in [0, 0.05) is 12.6 Å². The molecule has 0 bridgehead atoms. The molecule has 2 heteroatoms. The van der Waals surface area contributed by atoms with Crippen LogP contribution < -0.4 is 5.32 Å². The van der Waals surface area contributed by atoms with Crippen molar-refractivity contribution in [3.63, 3.8) is 0 Å². The summed E-state index contributed by atoms with van der Waals surface area (Å²) in [6.45, 7) is 8.31. The number of rotatable bonds is 5. The van der Waals surface area contributed by atoms with Crippen LogP contribution in [0.2, 0.25) is 0 Å². The highest BCUT2D eigenvalue weighted by Gasteiger charge is 2.27. The first-order valence-corrected chi connectivity index (χ1v) is 6.49. The third-order valence-corrected chi connectivity index (χ3v) is 3.87. The molecule has 0 radical (unpaired) electrons. The molecule has 90 valence electrons. The summed E-state index contributed by atoms with van der Waals surface area (Å²) < 4.78 is 0. The van der Waals surface area contributed by atoms with Gasteiger partial charge in [-0.25, -0.2) is 0 Å². The van der Waals surface area contributed by atoms with Crippen LogP contribution in [-0.2, 0) is 0 Å². The Balaban J connectivity index is 2.28. The van der Waals surface area contributed by atoms with E-state index < -0.39 is 0 Å². The summed E-state index contributed by atoms with van der Waals surface area (Å²) in [6.07, 6.45) is 5.06. The number of aliphatic hydroxyl groups excluding tert-OH is 1. The van der Waals surface area contributed by atoms with Crippen LogP contribution in [0.5, 0.6) is 0 Å². The lowest BCUT2D eigenvalue weighted by Gasteiger charge is -2.36. The van der Waals surface area contributed by atoms with E-state index >= 15 is 0 Å². The van der Waals surface area contributed by atoms with Crippen molar-refractivity contribution in [2.45, 2.75) is 52.5 Å². The second-order valence-electron chi connectivity index (χ2n) is 5.44. The maximum absolute atomic E-state index is 8.85. The normalized spacial score (nSPS) is 34.0. The summed E-state index contributed by atoms with van der Waals surface area (Å²) in [4.78, 5) is 0. The first kappa shape index (κ1) is 13.0. The Morgan fingerprint density at radius 2 is 1.87 bits per heavy atom. The molecule has 3 unspecified atom stereocenters. The van der Waals surface area contributed by atoms with Gasteiger partial charge in [0.25, 0.3) is 0 Å². The first-order chi connectivity index (χ1) is 7.15. The molecule has 0 amide bonds. The van der Waals surface area contributed by atoms with Gasteiger partial charge in [-0.2, -0.15) is 0 Å². The van der Waals surface area contributed by atoms with Crippen LogP contribution in [0.1, 0.15) is 46.5 Å². The van der Waals surface area contributed by atoms with Crippen LogP contribution in [0, 0.1) is 17.8 Å². The quantitative estimate of drug-likeness (QED) is 0.735. The molecule has 3 atom stereocenters. The molecule has 0 heterocycles. The van der Waals surface area contributed by atoms with Crippen molar-refractivity contribution in [2.24, 2.45) is 17.8 Å². The van der Waals surface area contributed by atoms with Gasteiger partial charge < -0.3 is 10.4 Å².